The Hall–Kier alpha value is -1.43. The van der Waals surface area contributed by atoms with Crippen molar-refractivity contribution in [2.24, 2.45) is 0 Å². The van der Waals surface area contributed by atoms with Gasteiger partial charge in [-0.3, -0.25) is 10.1 Å². The van der Waals surface area contributed by atoms with Gasteiger partial charge in [0.25, 0.3) is 0 Å². The van der Waals surface area contributed by atoms with Crippen LogP contribution in [0.1, 0.15) is 26.2 Å². The molecule has 6 heteroatoms. The highest BCUT2D eigenvalue weighted by molar-refractivity contribution is 8.00. The molecule has 20 heavy (non-hydrogen) atoms. The second kappa shape index (κ2) is 6.35. The van der Waals surface area contributed by atoms with E-state index in [1.807, 2.05) is 18.7 Å². The van der Waals surface area contributed by atoms with E-state index in [-0.39, 0.29) is 5.69 Å². The molecule has 1 aromatic rings. The number of hydrogen-bond donors (Lipinski definition) is 1. The van der Waals surface area contributed by atoms with E-state index in [0.29, 0.717) is 17.1 Å². The Morgan fingerprint density at radius 1 is 1.50 bits per heavy atom. The lowest BCUT2D eigenvalue weighted by Gasteiger charge is -2.40. The monoisotopic (exact) mass is 296 g/mol. The fraction of sp³-hybridized carbons (Fsp3) is 0.571. The number of hydrogen-bond acceptors (Lipinski definition) is 5. The average Bonchev–Trinajstić information content (AvgIpc) is 2.38. The van der Waals surface area contributed by atoms with Crippen LogP contribution in [-0.4, -0.2) is 29.1 Å². The molecule has 1 aliphatic carbocycles. The molecular weight excluding hydrogens is 276 g/mol. The number of benzene rings is 1. The van der Waals surface area contributed by atoms with E-state index in [2.05, 4.69) is 11.6 Å². The van der Waals surface area contributed by atoms with Crippen molar-refractivity contribution < 1.29 is 9.66 Å². The second-order valence-electron chi connectivity index (χ2n) is 4.97. The van der Waals surface area contributed by atoms with Crippen LogP contribution in [0.2, 0.25) is 0 Å². The first-order valence-electron chi connectivity index (χ1n) is 6.80. The van der Waals surface area contributed by atoms with Crippen LogP contribution in [0.5, 0.6) is 5.75 Å². The SMILES string of the molecule is CCOc1cc(NCC2(SC)CCC2)ccc1[N+](=O)[O-]. The van der Waals surface area contributed by atoms with Crippen molar-refractivity contribution >= 4 is 23.1 Å². The largest absolute Gasteiger partial charge is 0.487 e. The zero-order valence-electron chi connectivity index (χ0n) is 11.8. The van der Waals surface area contributed by atoms with E-state index in [4.69, 9.17) is 4.74 Å². The lowest BCUT2D eigenvalue weighted by atomic mass is 9.84. The molecule has 0 amide bonds. The summed E-state index contributed by atoms with van der Waals surface area (Å²) in [7, 11) is 0. The van der Waals surface area contributed by atoms with Gasteiger partial charge in [0.15, 0.2) is 5.75 Å². The molecule has 0 aliphatic heterocycles. The Balaban J connectivity index is 2.08. The summed E-state index contributed by atoms with van der Waals surface area (Å²) in [5, 5.41) is 14.3. The molecule has 0 spiro atoms. The molecule has 0 bridgehead atoms. The third-order valence-electron chi connectivity index (χ3n) is 3.77. The molecule has 0 heterocycles. The van der Waals surface area contributed by atoms with E-state index in [1.54, 1.807) is 12.1 Å². The minimum atomic E-state index is -0.413. The summed E-state index contributed by atoms with van der Waals surface area (Å²) in [5.74, 6) is 0.328. The molecule has 0 atom stereocenters. The molecular formula is C14H20N2O3S. The van der Waals surface area contributed by atoms with Crippen LogP contribution in [0.4, 0.5) is 11.4 Å². The summed E-state index contributed by atoms with van der Waals surface area (Å²) < 4.78 is 5.68. The predicted octanol–water partition coefficient (Wildman–Crippen LogP) is 3.69. The van der Waals surface area contributed by atoms with Crippen molar-refractivity contribution in [1.82, 2.24) is 0 Å². The Morgan fingerprint density at radius 2 is 2.25 bits per heavy atom. The van der Waals surface area contributed by atoms with Gasteiger partial charge in [-0.15, -0.1) is 0 Å². The third-order valence-corrected chi connectivity index (χ3v) is 5.19. The molecule has 5 nitrogen and oxygen atoms in total. The molecule has 0 radical (unpaired) electrons. The van der Waals surface area contributed by atoms with Crippen molar-refractivity contribution in [3.8, 4) is 5.75 Å². The number of rotatable bonds is 7. The molecule has 1 saturated carbocycles. The highest BCUT2D eigenvalue weighted by atomic mass is 32.2. The highest BCUT2D eigenvalue weighted by Crippen LogP contribution is 2.43. The van der Waals surface area contributed by atoms with E-state index >= 15 is 0 Å². The quantitative estimate of drug-likeness (QED) is 0.614. The van der Waals surface area contributed by atoms with Gasteiger partial charge in [-0.1, -0.05) is 6.42 Å². The maximum atomic E-state index is 10.9. The molecule has 110 valence electrons. The van der Waals surface area contributed by atoms with Gasteiger partial charge in [0.05, 0.1) is 11.5 Å². The fourth-order valence-corrected chi connectivity index (χ4v) is 3.25. The van der Waals surface area contributed by atoms with Crippen molar-refractivity contribution in [3.63, 3.8) is 0 Å². The van der Waals surface area contributed by atoms with Gasteiger partial charge < -0.3 is 10.1 Å². The normalized spacial score (nSPS) is 16.3. The zero-order chi connectivity index (χ0) is 14.6. The minimum absolute atomic E-state index is 0.0145. The van der Waals surface area contributed by atoms with Crippen LogP contribution < -0.4 is 10.1 Å². The highest BCUT2D eigenvalue weighted by Gasteiger charge is 2.35. The average molecular weight is 296 g/mol. The summed E-state index contributed by atoms with van der Waals surface area (Å²) in [6.07, 6.45) is 5.88. The van der Waals surface area contributed by atoms with Crippen molar-refractivity contribution in [2.45, 2.75) is 30.9 Å². The predicted molar refractivity (Wildman–Crippen MR) is 82.9 cm³/mol. The van der Waals surface area contributed by atoms with Gasteiger partial charge >= 0.3 is 5.69 Å². The molecule has 1 N–H and O–H groups in total. The summed E-state index contributed by atoms with van der Waals surface area (Å²) in [5.41, 5.74) is 0.889. The van der Waals surface area contributed by atoms with Gasteiger partial charge in [-0.05, 0) is 32.1 Å². The molecule has 1 aliphatic rings. The first-order chi connectivity index (χ1) is 9.60. The Kier molecular flexibility index (Phi) is 4.75. The van der Waals surface area contributed by atoms with Crippen LogP contribution in [0, 0.1) is 10.1 Å². The lowest BCUT2D eigenvalue weighted by molar-refractivity contribution is -0.385. The molecule has 0 aromatic heterocycles. The Morgan fingerprint density at radius 3 is 2.75 bits per heavy atom. The Labute approximate surface area is 123 Å². The summed E-state index contributed by atoms with van der Waals surface area (Å²) in [6.45, 7) is 3.12. The van der Waals surface area contributed by atoms with Gasteiger partial charge in [0, 0.05) is 29.1 Å². The summed E-state index contributed by atoms with van der Waals surface area (Å²) in [6, 6.07) is 4.96. The van der Waals surface area contributed by atoms with Crippen molar-refractivity contribution in [1.29, 1.82) is 0 Å². The van der Waals surface area contributed by atoms with E-state index in [1.165, 1.54) is 25.3 Å². The maximum absolute atomic E-state index is 10.9. The van der Waals surface area contributed by atoms with Gasteiger partial charge in [0.2, 0.25) is 0 Å². The first-order valence-corrected chi connectivity index (χ1v) is 8.03. The number of nitro benzene ring substituents is 1. The third kappa shape index (κ3) is 3.17. The first kappa shape index (κ1) is 15.0. The summed E-state index contributed by atoms with van der Waals surface area (Å²) in [4.78, 5) is 10.5. The van der Waals surface area contributed by atoms with Gasteiger partial charge in [-0.2, -0.15) is 11.8 Å². The van der Waals surface area contributed by atoms with Crippen LogP contribution in [0.25, 0.3) is 0 Å². The summed E-state index contributed by atoms with van der Waals surface area (Å²) >= 11 is 1.90. The van der Waals surface area contributed by atoms with Crippen LogP contribution in [0.15, 0.2) is 18.2 Å². The van der Waals surface area contributed by atoms with Gasteiger partial charge in [-0.25, -0.2) is 0 Å². The molecule has 1 fully saturated rings. The molecule has 0 unspecified atom stereocenters. The zero-order valence-corrected chi connectivity index (χ0v) is 12.7. The molecule has 2 rings (SSSR count). The van der Waals surface area contributed by atoms with E-state index in [9.17, 15) is 10.1 Å². The van der Waals surface area contributed by atoms with Crippen LogP contribution >= 0.6 is 11.8 Å². The number of nitrogens with one attached hydrogen (secondary N) is 1. The standard InChI is InChI=1S/C14H20N2O3S/c1-3-19-13-9-11(5-6-12(13)16(17)18)15-10-14(20-2)7-4-8-14/h5-6,9,15H,3-4,7-8,10H2,1-2H3. The van der Waals surface area contributed by atoms with Crippen molar-refractivity contribution in [2.75, 3.05) is 24.7 Å². The van der Waals surface area contributed by atoms with Gasteiger partial charge in [0.1, 0.15) is 0 Å². The number of nitro groups is 1. The molecule has 0 saturated heterocycles. The maximum Gasteiger partial charge on any atom is 0.311 e. The van der Waals surface area contributed by atoms with Crippen LogP contribution in [-0.2, 0) is 0 Å². The van der Waals surface area contributed by atoms with Crippen molar-refractivity contribution in [3.05, 3.63) is 28.3 Å². The fourth-order valence-electron chi connectivity index (χ4n) is 2.33. The minimum Gasteiger partial charge on any atom is -0.487 e. The number of nitrogens with zero attached hydrogens (tertiary/aromatic N) is 1. The number of ether oxygens (including phenoxy) is 1. The van der Waals surface area contributed by atoms with Crippen LogP contribution in [0.3, 0.4) is 0 Å². The molecule has 1 aromatic carbocycles. The van der Waals surface area contributed by atoms with E-state index < -0.39 is 4.92 Å². The number of anilines is 1. The topological polar surface area (TPSA) is 64.4 Å². The smallest absolute Gasteiger partial charge is 0.311 e. The Bertz CT molecular complexity index is 484. The lowest BCUT2D eigenvalue weighted by Crippen LogP contribution is -2.40. The second-order valence-corrected chi connectivity index (χ2v) is 6.24. The number of thioether (sulfide) groups is 1. The van der Waals surface area contributed by atoms with E-state index in [0.717, 1.165) is 12.2 Å².